The second-order valence-electron chi connectivity index (χ2n) is 15.4. The van der Waals surface area contributed by atoms with E-state index < -0.39 is 0 Å². The summed E-state index contributed by atoms with van der Waals surface area (Å²) in [5.74, 6) is 3.01. The van der Waals surface area contributed by atoms with Crippen molar-refractivity contribution in [1.29, 1.82) is 0 Å². The molecule has 7 heteroatoms. The van der Waals surface area contributed by atoms with Gasteiger partial charge in [-0.25, -0.2) is 4.98 Å². The molecule has 0 unspecified atom stereocenters. The number of pyridine rings is 1. The van der Waals surface area contributed by atoms with Gasteiger partial charge in [0.15, 0.2) is 0 Å². The molecule has 0 radical (unpaired) electrons. The molecule has 4 heterocycles. The molecule has 0 saturated carbocycles. The third-order valence-corrected chi connectivity index (χ3v) is 9.80. The molecule has 262 valence electrons. The number of benzene rings is 5. The first-order chi connectivity index (χ1) is 24.5. The molecule has 0 bridgehead atoms. The first-order valence-corrected chi connectivity index (χ1v) is 17.4. The van der Waals surface area contributed by atoms with Gasteiger partial charge in [0.1, 0.15) is 5.82 Å². The molecule has 8 aromatic rings. The Balaban J connectivity index is 0.00000387. The SMILES string of the molecule is CC(C)(C)c1cc(Oc2[c-]c3c(cc2)c2ccccc2n3-c2cc(C(C)(C)C)ccn2)[c-]c(N2[CH-]n3c(nc4ccccc43)-c3ccccc32)c1.[Pt]. The molecule has 3 aromatic heterocycles. The molecule has 0 amide bonds. The van der Waals surface area contributed by atoms with Gasteiger partial charge in [0.05, 0.1) is 0 Å². The van der Waals surface area contributed by atoms with Crippen LogP contribution in [0.25, 0.3) is 50.0 Å². The van der Waals surface area contributed by atoms with Gasteiger partial charge in [-0.05, 0) is 69.9 Å². The second kappa shape index (κ2) is 12.4. The van der Waals surface area contributed by atoms with Gasteiger partial charge < -0.3 is 23.8 Å². The van der Waals surface area contributed by atoms with Crippen LogP contribution >= 0.6 is 0 Å². The Hall–Kier alpha value is -5.32. The molecule has 0 fully saturated rings. The van der Waals surface area contributed by atoms with E-state index in [1.807, 2.05) is 18.3 Å². The van der Waals surface area contributed by atoms with E-state index in [2.05, 4.69) is 171 Å². The molecule has 0 spiro atoms. The Morgan fingerprint density at radius 2 is 1.40 bits per heavy atom. The van der Waals surface area contributed by atoms with Crippen molar-refractivity contribution in [2.24, 2.45) is 0 Å². The van der Waals surface area contributed by atoms with Crippen LogP contribution in [0.1, 0.15) is 52.7 Å². The third kappa shape index (κ3) is 5.66. The topological polar surface area (TPSA) is 48.1 Å². The van der Waals surface area contributed by atoms with Crippen LogP contribution in [0, 0.1) is 18.8 Å². The van der Waals surface area contributed by atoms with E-state index in [1.165, 1.54) is 5.56 Å². The molecule has 6 nitrogen and oxygen atoms in total. The van der Waals surface area contributed by atoms with Crippen LogP contribution in [0.3, 0.4) is 0 Å². The molecule has 1 aliphatic heterocycles. The molecule has 0 saturated heterocycles. The van der Waals surface area contributed by atoms with Crippen molar-refractivity contribution in [2.45, 2.75) is 52.4 Å². The average molecular weight is 860 g/mol. The zero-order chi connectivity index (χ0) is 35.1. The quantitative estimate of drug-likeness (QED) is 0.165. The number of ether oxygens (including phenoxy) is 1. The minimum atomic E-state index is -0.145. The summed E-state index contributed by atoms with van der Waals surface area (Å²) in [6.07, 6.45) is 1.90. The Morgan fingerprint density at radius 1 is 0.673 bits per heavy atom. The Bertz CT molecular complexity index is 2640. The smallest absolute Gasteiger partial charge is 0.135 e. The number of imidazole rings is 1. The molecule has 0 atom stereocenters. The van der Waals surface area contributed by atoms with E-state index in [1.54, 1.807) is 0 Å². The zero-order valence-corrected chi connectivity index (χ0v) is 32.3. The molecule has 9 rings (SSSR count). The van der Waals surface area contributed by atoms with E-state index in [-0.39, 0.29) is 31.9 Å². The predicted molar refractivity (Wildman–Crippen MR) is 207 cm³/mol. The van der Waals surface area contributed by atoms with E-state index in [9.17, 15) is 0 Å². The van der Waals surface area contributed by atoms with E-state index in [0.717, 1.165) is 67.0 Å². The van der Waals surface area contributed by atoms with Crippen LogP contribution in [0.2, 0.25) is 0 Å². The summed E-state index contributed by atoms with van der Waals surface area (Å²) in [5.41, 5.74) is 9.18. The van der Waals surface area contributed by atoms with Gasteiger partial charge in [0.25, 0.3) is 0 Å². The maximum atomic E-state index is 6.73. The number of hydrogen-bond acceptors (Lipinski definition) is 4. The van der Waals surface area contributed by atoms with Gasteiger partial charge in [-0.15, -0.1) is 41.3 Å². The summed E-state index contributed by atoms with van der Waals surface area (Å²) in [6, 6.07) is 45.1. The predicted octanol–water partition coefficient (Wildman–Crippen LogP) is 11.3. The van der Waals surface area contributed by atoms with Gasteiger partial charge in [-0.3, -0.25) is 0 Å². The molecule has 5 aromatic carbocycles. The Labute approximate surface area is 319 Å². The van der Waals surface area contributed by atoms with Crippen LogP contribution in [0.5, 0.6) is 11.5 Å². The Kier molecular flexibility index (Phi) is 8.07. The van der Waals surface area contributed by atoms with Gasteiger partial charge in [0, 0.05) is 61.3 Å². The molecule has 0 aliphatic carbocycles. The third-order valence-electron chi connectivity index (χ3n) is 9.80. The minimum absolute atomic E-state index is 0. The van der Waals surface area contributed by atoms with Gasteiger partial charge >= 0.3 is 0 Å². The van der Waals surface area contributed by atoms with Crippen LogP contribution in [0.15, 0.2) is 115 Å². The first-order valence-electron chi connectivity index (χ1n) is 17.4. The van der Waals surface area contributed by atoms with Crippen LogP contribution in [0.4, 0.5) is 11.4 Å². The van der Waals surface area contributed by atoms with Gasteiger partial charge in [-0.2, -0.15) is 6.07 Å². The van der Waals surface area contributed by atoms with Crippen molar-refractivity contribution in [3.8, 4) is 28.7 Å². The molecular formula is C45H38N5OPt-3. The Morgan fingerprint density at radius 3 is 2.21 bits per heavy atom. The standard InChI is InChI=1S/C45H38N5O.Pt/c1-44(2,3)29-21-22-46-42(25-29)50-39-17-11-7-13-34(39)35-20-19-32(27-41(35)50)51-33-24-30(45(4,5)6)23-31(26-33)48-28-49-40-18-12-9-15-37(40)47-43(49)36-14-8-10-16-38(36)48;/h7-25,28H,1-6H3;/q-3;. The maximum Gasteiger partial charge on any atom is 0.135 e. The number of fused-ring (bicyclic) bond motifs is 8. The zero-order valence-electron chi connectivity index (χ0n) is 30.0. The first kappa shape index (κ1) is 33.8. The fourth-order valence-corrected chi connectivity index (χ4v) is 7.04. The largest absolute Gasteiger partial charge is 0.509 e. The second-order valence-corrected chi connectivity index (χ2v) is 15.4. The van der Waals surface area contributed by atoms with Crippen LogP contribution in [-0.2, 0) is 31.9 Å². The molecular weight excluding hydrogens is 822 g/mol. The number of hydrogen-bond donors (Lipinski definition) is 0. The number of para-hydroxylation sites is 4. The fraction of sp³-hybridized carbons (Fsp3) is 0.178. The van der Waals surface area contributed by atoms with Crippen LogP contribution in [-0.4, -0.2) is 19.1 Å². The molecule has 1 aliphatic rings. The monoisotopic (exact) mass is 859 g/mol. The average Bonchev–Trinajstić information content (AvgIpc) is 3.66. The summed E-state index contributed by atoms with van der Waals surface area (Å²) in [5, 5.41) is 2.24. The summed E-state index contributed by atoms with van der Waals surface area (Å²) in [6.45, 7) is 15.5. The number of nitrogens with zero attached hydrogens (tertiary/aromatic N) is 5. The minimum Gasteiger partial charge on any atom is -0.509 e. The van der Waals surface area contributed by atoms with Crippen molar-refractivity contribution in [2.75, 3.05) is 4.90 Å². The molecule has 52 heavy (non-hydrogen) atoms. The van der Waals surface area contributed by atoms with Crippen molar-refractivity contribution < 1.29 is 25.8 Å². The number of rotatable bonds is 4. The summed E-state index contributed by atoms with van der Waals surface area (Å²) >= 11 is 0. The summed E-state index contributed by atoms with van der Waals surface area (Å²) in [7, 11) is 0. The number of aromatic nitrogens is 4. The van der Waals surface area contributed by atoms with Crippen molar-refractivity contribution in [1.82, 2.24) is 19.1 Å². The van der Waals surface area contributed by atoms with Crippen molar-refractivity contribution >= 4 is 44.2 Å². The van der Waals surface area contributed by atoms with Crippen molar-refractivity contribution in [3.63, 3.8) is 0 Å². The fourth-order valence-electron chi connectivity index (χ4n) is 7.04. The molecule has 0 N–H and O–H groups in total. The van der Waals surface area contributed by atoms with Crippen molar-refractivity contribution in [3.05, 3.63) is 145 Å². The summed E-state index contributed by atoms with van der Waals surface area (Å²) in [4.78, 5) is 12.0. The van der Waals surface area contributed by atoms with Crippen LogP contribution < -0.4 is 9.64 Å². The summed E-state index contributed by atoms with van der Waals surface area (Å²) < 4.78 is 11.1. The van der Waals surface area contributed by atoms with E-state index in [0.29, 0.717) is 11.5 Å². The normalized spacial score (nSPS) is 12.8. The van der Waals surface area contributed by atoms with Gasteiger partial charge in [-0.1, -0.05) is 107 Å². The maximum absolute atomic E-state index is 6.73. The van der Waals surface area contributed by atoms with Gasteiger partial charge in [0.2, 0.25) is 0 Å². The number of anilines is 2. The van der Waals surface area contributed by atoms with E-state index >= 15 is 0 Å². The van der Waals surface area contributed by atoms with E-state index in [4.69, 9.17) is 14.7 Å².